The molecule has 0 aromatic heterocycles. The van der Waals surface area contributed by atoms with Crippen LogP contribution in [0.2, 0.25) is 0 Å². The molecular weight excluding hydrogens is 361 g/mol. The van der Waals surface area contributed by atoms with Crippen LogP contribution < -0.4 is 9.47 Å². The first kappa shape index (κ1) is 18.7. The van der Waals surface area contributed by atoms with E-state index in [1.165, 1.54) is 19.2 Å². The van der Waals surface area contributed by atoms with Crippen molar-refractivity contribution < 1.29 is 23.8 Å². The zero-order valence-corrected chi connectivity index (χ0v) is 15.8. The SMILES string of the molecule is COc1cccc(OC2C[C@@H]3CN(CC(=O)c4ccc(O)cc4)C[C@@H]3C2)c1F. The van der Waals surface area contributed by atoms with Crippen LogP contribution in [0.4, 0.5) is 4.39 Å². The van der Waals surface area contributed by atoms with Crippen LogP contribution >= 0.6 is 0 Å². The summed E-state index contributed by atoms with van der Waals surface area (Å²) in [4.78, 5) is 14.6. The molecule has 1 heterocycles. The maximum atomic E-state index is 14.3. The van der Waals surface area contributed by atoms with Gasteiger partial charge in [0.05, 0.1) is 19.8 Å². The van der Waals surface area contributed by atoms with Gasteiger partial charge < -0.3 is 14.6 Å². The second kappa shape index (κ2) is 7.80. The highest BCUT2D eigenvalue weighted by molar-refractivity contribution is 5.97. The number of carbonyl (C=O) groups excluding carboxylic acids is 1. The van der Waals surface area contributed by atoms with Gasteiger partial charge in [0.1, 0.15) is 5.75 Å². The molecule has 3 atom stereocenters. The average Bonchev–Trinajstić information content (AvgIpc) is 3.21. The molecule has 1 N–H and O–H groups in total. The number of phenols is 1. The predicted octanol–water partition coefficient (Wildman–Crippen LogP) is 3.51. The fraction of sp³-hybridized carbons (Fsp3) is 0.409. The van der Waals surface area contributed by atoms with Crippen molar-refractivity contribution in [1.82, 2.24) is 4.90 Å². The Labute approximate surface area is 163 Å². The van der Waals surface area contributed by atoms with Gasteiger partial charge in [0, 0.05) is 18.7 Å². The number of methoxy groups -OCH3 is 1. The van der Waals surface area contributed by atoms with Gasteiger partial charge >= 0.3 is 0 Å². The van der Waals surface area contributed by atoms with E-state index in [4.69, 9.17) is 9.47 Å². The third-order valence-electron chi connectivity index (χ3n) is 5.78. The zero-order valence-electron chi connectivity index (χ0n) is 15.8. The number of nitrogens with zero attached hydrogens (tertiary/aromatic N) is 1. The molecule has 0 spiro atoms. The van der Waals surface area contributed by atoms with E-state index in [1.807, 2.05) is 0 Å². The molecule has 1 aliphatic carbocycles. The number of carbonyl (C=O) groups is 1. The number of halogens is 1. The van der Waals surface area contributed by atoms with Crippen LogP contribution in [0.25, 0.3) is 0 Å². The maximum absolute atomic E-state index is 14.3. The van der Waals surface area contributed by atoms with E-state index in [0.717, 1.165) is 25.9 Å². The quantitative estimate of drug-likeness (QED) is 0.771. The normalized spacial score (nSPS) is 24.1. The molecule has 2 fully saturated rings. The van der Waals surface area contributed by atoms with Crippen molar-refractivity contribution in [2.24, 2.45) is 11.8 Å². The summed E-state index contributed by atoms with van der Waals surface area (Å²) in [5.74, 6) is 1.12. The number of hydrogen-bond acceptors (Lipinski definition) is 5. The zero-order chi connectivity index (χ0) is 19.7. The number of ketones is 1. The fourth-order valence-corrected chi connectivity index (χ4v) is 4.43. The van der Waals surface area contributed by atoms with E-state index in [2.05, 4.69) is 4.90 Å². The minimum atomic E-state index is -0.455. The standard InChI is InChI=1S/C22H24FNO4/c1-27-20-3-2-4-21(22(20)23)28-18-9-15-11-24(12-16(15)10-18)13-19(26)14-5-7-17(25)8-6-14/h2-8,15-16,18,25H,9-13H2,1H3/t15-,16+,18?. The van der Waals surface area contributed by atoms with Crippen molar-refractivity contribution in [2.75, 3.05) is 26.7 Å². The Kier molecular flexibility index (Phi) is 5.22. The Morgan fingerprint density at radius 3 is 2.39 bits per heavy atom. The topological polar surface area (TPSA) is 59.0 Å². The molecule has 4 rings (SSSR count). The lowest BCUT2D eigenvalue weighted by molar-refractivity contribution is 0.0936. The van der Waals surface area contributed by atoms with Crippen LogP contribution in [-0.2, 0) is 0 Å². The summed E-state index contributed by atoms with van der Waals surface area (Å²) >= 11 is 0. The smallest absolute Gasteiger partial charge is 0.206 e. The average molecular weight is 385 g/mol. The molecule has 5 nitrogen and oxygen atoms in total. The summed E-state index contributed by atoms with van der Waals surface area (Å²) in [6.45, 7) is 2.09. The first-order valence-electron chi connectivity index (χ1n) is 9.57. The maximum Gasteiger partial charge on any atom is 0.206 e. The minimum absolute atomic E-state index is 0.00782. The second-order valence-electron chi connectivity index (χ2n) is 7.67. The number of ether oxygens (including phenoxy) is 2. The Bertz CT molecular complexity index is 840. The van der Waals surface area contributed by atoms with Gasteiger partial charge in [-0.05, 0) is 61.1 Å². The Morgan fingerprint density at radius 2 is 1.75 bits per heavy atom. The molecule has 2 aromatic rings. The van der Waals surface area contributed by atoms with Crippen LogP contribution in [0.1, 0.15) is 23.2 Å². The largest absolute Gasteiger partial charge is 0.508 e. The highest BCUT2D eigenvalue weighted by atomic mass is 19.1. The van der Waals surface area contributed by atoms with Crippen molar-refractivity contribution in [2.45, 2.75) is 18.9 Å². The van der Waals surface area contributed by atoms with Crippen molar-refractivity contribution in [3.8, 4) is 17.2 Å². The van der Waals surface area contributed by atoms with E-state index in [0.29, 0.717) is 23.9 Å². The molecule has 1 unspecified atom stereocenters. The third kappa shape index (κ3) is 3.83. The lowest BCUT2D eigenvalue weighted by Gasteiger charge is -2.20. The summed E-state index contributed by atoms with van der Waals surface area (Å²) in [6, 6.07) is 11.3. The van der Waals surface area contributed by atoms with Crippen molar-refractivity contribution in [1.29, 1.82) is 0 Å². The highest BCUT2D eigenvalue weighted by Crippen LogP contribution is 2.40. The fourth-order valence-electron chi connectivity index (χ4n) is 4.43. The first-order chi connectivity index (χ1) is 13.5. The van der Waals surface area contributed by atoms with E-state index < -0.39 is 5.82 Å². The van der Waals surface area contributed by atoms with Crippen LogP contribution in [0.15, 0.2) is 42.5 Å². The van der Waals surface area contributed by atoms with Gasteiger partial charge in [0.15, 0.2) is 17.3 Å². The predicted molar refractivity (Wildman–Crippen MR) is 102 cm³/mol. The first-order valence-corrected chi connectivity index (χ1v) is 9.57. The number of hydrogen-bond donors (Lipinski definition) is 1. The summed E-state index contributed by atoms with van der Waals surface area (Å²) in [5, 5.41) is 9.34. The van der Waals surface area contributed by atoms with Gasteiger partial charge in [-0.3, -0.25) is 9.69 Å². The minimum Gasteiger partial charge on any atom is -0.508 e. The van der Waals surface area contributed by atoms with Gasteiger partial charge in [-0.2, -0.15) is 4.39 Å². The van der Waals surface area contributed by atoms with E-state index in [-0.39, 0.29) is 29.1 Å². The van der Waals surface area contributed by atoms with Gasteiger partial charge in [0.2, 0.25) is 5.82 Å². The number of fused-ring (bicyclic) bond motifs is 1. The second-order valence-corrected chi connectivity index (χ2v) is 7.67. The van der Waals surface area contributed by atoms with Gasteiger partial charge in [-0.1, -0.05) is 6.07 Å². The molecule has 0 radical (unpaired) electrons. The van der Waals surface area contributed by atoms with Crippen molar-refractivity contribution >= 4 is 5.78 Å². The summed E-state index contributed by atoms with van der Waals surface area (Å²) < 4.78 is 25.2. The molecule has 2 aliphatic rings. The summed E-state index contributed by atoms with van der Waals surface area (Å²) in [7, 11) is 1.44. The Hall–Kier alpha value is -2.60. The number of likely N-dealkylation sites (tertiary alicyclic amines) is 1. The number of phenolic OH excluding ortho intramolecular Hbond substituents is 1. The Balaban J connectivity index is 1.31. The van der Waals surface area contributed by atoms with Crippen molar-refractivity contribution in [3.63, 3.8) is 0 Å². The van der Waals surface area contributed by atoms with Crippen LogP contribution in [0.3, 0.4) is 0 Å². The Morgan fingerprint density at radius 1 is 1.11 bits per heavy atom. The molecule has 1 aliphatic heterocycles. The number of Topliss-reactive ketones (excluding diaryl/α,β-unsaturated/α-hetero) is 1. The third-order valence-corrected chi connectivity index (χ3v) is 5.78. The summed E-state index contributed by atoms with van der Waals surface area (Å²) in [5.41, 5.74) is 0.615. The van der Waals surface area contributed by atoms with Gasteiger partial charge in [-0.15, -0.1) is 0 Å². The van der Waals surface area contributed by atoms with E-state index >= 15 is 0 Å². The van der Waals surface area contributed by atoms with Gasteiger partial charge in [0.25, 0.3) is 0 Å². The lowest BCUT2D eigenvalue weighted by Crippen LogP contribution is -2.30. The summed E-state index contributed by atoms with van der Waals surface area (Å²) in [6.07, 6.45) is 1.72. The van der Waals surface area contributed by atoms with Crippen molar-refractivity contribution in [3.05, 3.63) is 53.8 Å². The molecule has 148 valence electrons. The monoisotopic (exact) mass is 385 g/mol. The highest BCUT2D eigenvalue weighted by Gasteiger charge is 2.42. The molecule has 1 saturated carbocycles. The number of rotatable bonds is 6. The molecule has 2 aromatic carbocycles. The van der Waals surface area contributed by atoms with Crippen LogP contribution in [0.5, 0.6) is 17.2 Å². The number of benzene rings is 2. The number of aromatic hydroxyl groups is 1. The molecule has 6 heteroatoms. The van der Waals surface area contributed by atoms with Gasteiger partial charge in [-0.25, -0.2) is 0 Å². The molecule has 0 amide bonds. The van der Waals surface area contributed by atoms with Crippen LogP contribution in [0, 0.1) is 17.7 Å². The van der Waals surface area contributed by atoms with E-state index in [1.54, 1.807) is 30.3 Å². The molecular formula is C22H24FNO4. The molecule has 1 saturated heterocycles. The van der Waals surface area contributed by atoms with Crippen LogP contribution in [-0.4, -0.2) is 48.6 Å². The van der Waals surface area contributed by atoms with E-state index in [9.17, 15) is 14.3 Å². The molecule has 0 bridgehead atoms. The lowest BCUT2D eigenvalue weighted by atomic mass is 10.0. The molecule has 28 heavy (non-hydrogen) atoms.